The summed E-state index contributed by atoms with van der Waals surface area (Å²) in [5.41, 5.74) is 1.64. The number of nitrogens with one attached hydrogen (secondary N) is 1. The zero-order chi connectivity index (χ0) is 20.9. The summed E-state index contributed by atoms with van der Waals surface area (Å²) in [5, 5.41) is 2.72. The van der Waals surface area contributed by atoms with Crippen molar-refractivity contribution in [2.75, 3.05) is 4.90 Å². The fourth-order valence-electron chi connectivity index (χ4n) is 4.56. The van der Waals surface area contributed by atoms with Crippen LogP contribution in [0, 0.1) is 0 Å². The molecule has 1 saturated heterocycles. The first-order valence-electron chi connectivity index (χ1n) is 10.4. The number of aromatic nitrogens is 2. The Bertz CT molecular complexity index is 1020. The van der Waals surface area contributed by atoms with Crippen molar-refractivity contribution < 1.29 is 19.1 Å². The van der Waals surface area contributed by atoms with Gasteiger partial charge in [-0.2, -0.15) is 0 Å². The molecule has 1 atom stereocenters. The first-order chi connectivity index (χ1) is 14.4. The first kappa shape index (κ1) is 19.0. The summed E-state index contributed by atoms with van der Waals surface area (Å²) < 4.78 is 12.0. The maximum absolute atomic E-state index is 12.6. The minimum absolute atomic E-state index is 0.156. The fraction of sp³-hybridized carbons (Fsp3) is 0.455. The van der Waals surface area contributed by atoms with Gasteiger partial charge < -0.3 is 14.8 Å². The molecule has 0 unspecified atom stereocenters. The monoisotopic (exact) mass is 408 g/mol. The number of carbonyl (C=O) groups is 2. The minimum atomic E-state index is -0.908. The van der Waals surface area contributed by atoms with Crippen LogP contribution in [0.5, 0.6) is 11.8 Å². The molecule has 30 heavy (non-hydrogen) atoms. The lowest BCUT2D eigenvalue weighted by Gasteiger charge is -2.23. The molecule has 1 spiro atoms. The van der Waals surface area contributed by atoms with Gasteiger partial charge in [-0.3, -0.25) is 4.79 Å². The second kappa shape index (κ2) is 6.77. The van der Waals surface area contributed by atoms with Crippen LogP contribution in [0.3, 0.4) is 0 Å². The second-order valence-corrected chi connectivity index (χ2v) is 8.39. The largest absolute Gasteiger partial charge is 0.424 e. The van der Waals surface area contributed by atoms with Gasteiger partial charge in [0.25, 0.3) is 5.91 Å². The Kier molecular flexibility index (Phi) is 4.28. The summed E-state index contributed by atoms with van der Waals surface area (Å²) >= 11 is 0. The van der Waals surface area contributed by atoms with Crippen LogP contribution in [0.4, 0.5) is 10.5 Å². The molecule has 3 amide bonds. The number of imide groups is 1. The summed E-state index contributed by atoms with van der Waals surface area (Å²) in [6.45, 7) is 4.20. The minimum Gasteiger partial charge on any atom is -0.424 e. The van der Waals surface area contributed by atoms with Crippen molar-refractivity contribution in [2.24, 2.45) is 0 Å². The molecule has 0 radical (unpaired) electrons. The van der Waals surface area contributed by atoms with Crippen molar-refractivity contribution in [3.63, 3.8) is 0 Å². The molecule has 2 fully saturated rings. The molecule has 2 aliphatic heterocycles. The standard InChI is InChI=1S/C22H24N4O4/c1-3-21(2)18(27)26(20(28)25-21)15-11-23-19(24-12-15)30-16-7-6-14-13-29-22(17(14)10-16)8-4-5-9-22/h6-7,10-12H,3-5,8-9,13H2,1-2H3,(H,25,28)/t21-/m1/s1. The van der Waals surface area contributed by atoms with Crippen LogP contribution in [-0.4, -0.2) is 27.4 Å². The lowest BCUT2D eigenvalue weighted by atomic mass is 9.91. The highest BCUT2D eigenvalue weighted by Gasteiger charge is 2.47. The van der Waals surface area contributed by atoms with Gasteiger partial charge in [0.1, 0.15) is 11.3 Å². The highest BCUT2D eigenvalue weighted by Crippen LogP contribution is 2.49. The van der Waals surface area contributed by atoms with E-state index < -0.39 is 11.6 Å². The number of anilines is 1. The number of benzene rings is 1. The van der Waals surface area contributed by atoms with Gasteiger partial charge in [0, 0.05) is 0 Å². The first-order valence-corrected chi connectivity index (χ1v) is 10.4. The zero-order valence-electron chi connectivity index (χ0n) is 17.1. The van der Waals surface area contributed by atoms with Gasteiger partial charge in [0.2, 0.25) is 0 Å². The van der Waals surface area contributed by atoms with E-state index in [2.05, 4.69) is 15.3 Å². The smallest absolute Gasteiger partial charge is 0.329 e. The number of rotatable bonds is 4. The van der Waals surface area contributed by atoms with E-state index in [1.165, 1.54) is 36.4 Å². The maximum atomic E-state index is 12.6. The average molecular weight is 408 g/mol. The van der Waals surface area contributed by atoms with Crippen molar-refractivity contribution >= 4 is 17.6 Å². The Balaban J connectivity index is 1.35. The predicted molar refractivity (Wildman–Crippen MR) is 108 cm³/mol. The molecule has 1 aromatic carbocycles. The van der Waals surface area contributed by atoms with Gasteiger partial charge in [-0.05, 0) is 49.4 Å². The van der Waals surface area contributed by atoms with Crippen molar-refractivity contribution in [3.8, 4) is 11.8 Å². The Morgan fingerprint density at radius 2 is 1.93 bits per heavy atom. The van der Waals surface area contributed by atoms with Crippen LogP contribution < -0.4 is 15.0 Å². The van der Waals surface area contributed by atoms with Crippen molar-refractivity contribution in [1.29, 1.82) is 0 Å². The van der Waals surface area contributed by atoms with Gasteiger partial charge in [-0.25, -0.2) is 19.7 Å². The molecule has 8 heteroatoms. The highest BCUT2D eigenvalue weighted by molar-refractivity contribution is 6.23. The summed E-state index contributed by atoms with van der Waals surface area (Å²) in [6.07, 6.45) is 7.78. The molecular weight excluding hydrogens is 384 g/mol. The molecule has 3 heterocycles. The molecule has 0 bridgehead atoms. The van der Waals surface area contributed by atoms with Crippen LogP contribution in [0.25, 0.3) is 0 Å². The molecule has 5 rings (SSSR count). The van der Waals surface area contributed by atoms with Gasteiger partial charge in [0.15, 0.2) is 0 Å². The molecule has 3 aliphatic rings. The number of ether oxygens (including phenoxy) is 2. The number of hydrogen-bond donors (Lipinski definition) is 1. The Hall–Kier alpha value is -3.00. The number of amides is 3. The Morgan fingerprint density at radius 3 is 2.60 bits per heavy atom. The van der Waals surface area contributed by atoms with E-state index in [0.717, 1.165) is 17.7 Å². The quantitative estimate of drug-likeness (QED) is 0.774. The lowest BCUT2D eigenvalue weighted by molar-refractivity contribution is -0.121. The fourth-order valence-corrected chi connectivity index (χ4v) is 4.56. The SMILES string of the molecule is CC[C@@]1(C)NC(=O)N(c2cnc(Oc3ccc4c(c3)C3(CCCC3)OC4)nc2)C1=O. The number of nitrogens with zero attached hydrogens (tertiary/aromatic N) is 3. The summed E-state index contributed by atoms with van der Waals surface area (Å²) in [7, 11) is 0. The van der Waals surface area contributed by atoms with Gasteiger partial charge >= 0.3 is 12.0 Å². The lowest BCUT2D eigenvalue weighted by Crippen LogP contribution is -2.43. The average Bonchev–Trinajstić information content (AvgIpc) is 3.42. The number of fused-ring (bicyclic) bond motifs is 2. The highest BCUT2D eigenvalue weighted by atomic mass is 16.5. The summed E-state index contributed by atoms with van der Waals surface area (Å²) in [6, 6.07) is 5.63. The third-order valence-corrected chi connectivity index (χ3v) is 6.54. The van der Waals surface area contributed by atoms with E-state index in [0.29, 0.717) is 24.5 Å². The van der Waals surface area contributed by atoms with Gasteiger partial charge in [0.05, 0.1) is 30.3 Å². The molecule has 1 aliphatic carbocycles. The van der Waals surface area contributed by atoms with Crippen LogP contribution in [-0.2, 0) is 21.7 Å². The molecular formula is C22H24N4O4. The van der Waals surface area contributed by atoms with Crippen LogP contribution >= 0.6 is 0 Å². The normalized spacial score (nSPS) is 24.4. The van der Waals surface area contributed by atoms with E-state index in [1.54, 1.807) is 6.92 Å². The molecule has 2 aromatic rings. The van der Waals surface area contributed by atoms with E-state index in [-0.39, 0.29) is 17.5 Å². The van der Waals surface area contributed by atoms with Crippen LogP contribution in [0.1, 0.15) is 57.1 Å². The van der Waals surface area contributed by atoms with E-state index >= 15 is 0 Å². The van der Waals surface area contributed by atoms with Crippen molar-refractivity contribution in [2.45, 2.75) is 63.7 Å². The van der Waals surface area contributed by atoms with Crippen molar-refractivity contribution in [1.82, 2.24) is 15.3 Å². The molecule has 8 nitrogen and oxygen atoms in total. The Labute approximate surface area is 174 Å². The second-order valence-electron chi connectivity index (χ2n) is 8.39. The summed E-state index contributed by atoms with van der Waals surface area (Å²) in [5.74, 6) is 0.333. The topological polar surface area (TPSA) is 93.7 Å². The molecule has 1 saturated carbocycles. The number of hydrogen-bond acceptors (Lipinski definition) is 6. The third kappa shape index (κ3) is 2.86. The number of carbonyl (C=O) groups excluding carboxylic acids is 2. The third-order valence-electron chi connectivity index (χ3n) is 6.54. The predicted octanol–water partition coefficient (Wildman–Crippen LogP) is 3.79. The number of urea groups is 1. The van der Waals surface area contributed by atoms with Crippen molar-refractivity contribution in [3.05, 3.63) is 41.7 Å². The van der Waals surface area contributed by atoms with Gasteiger partial charge in [-0.15, -0.1) is 0 Å². The van der Waals surface area contributed by atoms with Crippen LogP contribution in [0.2, 0.25) is 0 Å². The van der Waals surface area contributed by atoms with Gasteiger partial charge in [-0.1, -0.05) is 25.8 Å². The molecule has 1 N–H and O–H groups in total. The van der Waals surface area contributed by atoms with E-state index in [1.807, 2.05) is 25.1 Å². The van der Waals surface area contributed by atoms with E-state index in [4.69, 9.17) is 9.47 Å². The Morgan fingerprint density at radius 1 is 1.20 bits per heavy atom. The summed E-state index contributed by atoms with van der Waals surface area (Å²) in [4.78, 5) is 34.4. The zero-order valence-corrected chi connectivity index (χ0v) is 17.1. The van der Waals surface area contributed by atoms with E-state index in [9.17, 15) is 9.59 Å². The van der Waals surface area contributed by atoms with Crippen LogP contribution in [0.15, 0.2) is 30.6 Å². The molecule has 1 aromatic heterocycles. The molecule has 156 valence electrons. The maximum Gasteiger partial charge on any atom is 0.329 e.